The van der Waals surface area contributed by atoms with Gasteiger partial charge in [0, 0.05) is 11.6 Å². The molecule has 0 bridgehead atoms. The number of carbonyl (C=O) groups is 1. The minimum absolute atomic E-state index is 0.0642. The Labute approximate surface area is 99.1 Å². The van der Waals surface area contributed by atoms with Gasteiger partial charge in [0.25, 0.3) is 0 Å². The summed E-state index contributed by atoms with van der Waals surface area (Å²) in [6.07, 6.45) is 5.23. The third-order valence-corrected chi connectivity index (χ3v) is 3.56. The Morgan fingerprint density at radius 1 is 1.12 bits per heavy atom. The molecule has 3 heteroatoms. The van der Waals surface area contributed by atoms with Crippen LogP contribution in [0.2, 0.25) is 0 Å². The number of hydrogen-bond acceptors (Lipinski definition) is 2. The summed E-state index contributed by atoms with van der Waals surface area (Å²) in [6.45, 7) is 0. The SMILES string of the molecule is O=C1C=C(c2ccc(F)cc2)OC12CCCC2. The molecule has 2 nitrogen and oxygen atoms in total. The quantitative estimate of drug-likeness (QED) is 0.743. The minimum Gasteiger partial charge on any atom is -0.478 e. The summed E-state index contributed by atoms with van der Waals surface area (Å²) in [5, 5.41) is 0. The number of carbonyl (C=O) groups excluding carboxylic acids is 1. The first-order valence-corrected chi connectivity index (χ1v) is 5.91. The van der Waals surface area contributed by atoms with Gasteiger partial charge in [0.15, 0.2) is 5.60 Å². The smallest absolute Gasteiger partial charge is 0.202 e. The first-order valence-electron chi connectivity index (χ1n) is 5.91. The van der Waals surface area contributed by atoms with Crippen molar-refractivity contribution in [3.63, 3.8) is 0 Å². The van der Waals surface area contributed by atoms with Crippen LogP contribution in [0.4, 0.5) is 4.39 Å². The number of benzene rings is 1. The van der Waals surface area contributed by atoms with E-state index in [1.807, 2.05) is 0 Å². The topological polar surface area (TPSA) is 26.3 Å². The van der Waals surface area contributed by atoms with Crippen molar-refractivity contribution in [2.75, 3.05) is 0 Å². The lowest BCUT2D eigenvalue weighted by Gasteiger charge is -2.22. The molecule has 0 radical (unpaired) electrons. The Bertz CT molecular complexity index is 481. The van der Waals surface area contributed by atoms with Crippen LogP contribution in [0.3, 0.4) is 0 Å². The van der Waals surface area contributed by atoms with Gasteiger partial charge in [-0.1, -0.05) is 0 Å². The first-order chi connectivity index (χ1) is 8.20. The lowest BCUT2D eigenvalue weighted by molar-refractivity contribution is -0.128. The van der Waals surface area contributed by atoms with Gasteiger partial charge in [-0.3, -0.25) is 4.79 Å². The van der Waals surface area contributed by atoms with Crippen molar-refractivity contribution in [2.24, 2.45) is 0 Å². The van der Waals surface area contributed by atoms with Gasteiger partial charge < -0.3 is 4.74 Å². The van der Waals surface area contributed by atoms with Crippen LogP contribution in [0.25, 0.3) is 5.76 Å². The van der Waals surface area contributed by atoms with Gasteiger partial charge in [0.2, 0.25) is 5.78 Å². The fourth-order valence-corrected chi connectivity index (χ4v) is 2.59. The van der Waals surface area contributed by atoms with Crippen LogP contribution < -0.4 is 0 Å². The van der Waals surface area contributed by atoms with Gasteiger partial charge in [-0.15, -0.1) is 0 Å². The molecule has 0 saturated heterocycles. The molecule has 1 aromatic rings. The van der Waals surface area contributed by atoms with Gasteiger partial charge in [0.1, 0.15) is 11.6 Å². The number of halogens is 1. The van der Waals surface area contributed by atoms with E-state index in [4.69, 9.17) is 4.74 Å². The second-order valence-corrected chi connectivity index (χ2v) is 4.68. The van der Waals surface area contributed by atoms with E-state index in [1.54, 1.807) is 18.2 Å². The molecule has 0 aromatic heterocycles. The van der Waals surface area contributed by atoms with Gasteiger partial charge >= 0.3 is 0 Å². The second kappa shape index (κ2) is 3.69. The molecule has 1 spiro atoms. The van der Waals surface area contributed by atoms with Crippen LogP contribution >= 0.6 is 0 Å². The summed E-state index contributed by atoms with van der Waals surface area (Å²) in [5.41, 5.74) is 0.160. The average Bonchev–Trinajstić information content (AvgIpc) is 2.90. The summed E-state index contributed by atoms with van der Waals surface area (Å²) in [5.74, 6) is 0.362. The van der Waals surface area contributed by atoms with E-state index in [9.17, 15) is 9.18 Å². The van der Waals surface area contributed by atoms with Crippen LogP contribution in [0.5, 0.6) is 0 Å². The molecule has 3 rings (SSSR count). The number of ether oxygens (including phenoxy) is 1. The lowest BCUT2D eigenvalue weighted by atomic mass is 9.98. The molecule has 1 saturated carbocycles. The maximum absolute atomic E-state index is 12.8. The summed E-state index contributed by atoms with van der Waals surface area (Å²) < 4.78 is 18.7. The third kappa shape index (κ3) is 1.66. The highest BCUT2D eigenvalue weighted by Crippen LogP contribution is 2.42. The lowest BCUT2D eigenvalue weighted by Crippen LogP contribution is -2.32. The zero-order chi connectivity index (χ0) is 11.9. The predicted molar refractivity (Wildman–Crippen MR) is 61.7 cm³/mol. The van der Waals surface area contributed by atoms with Crippen LogP contribution in [0, 0.1) is 5.82 Å². The predicted octanol–water partition coefficient (Wildman–Crippen LogP) is 3.08. The molecule has 0 unspecified atom stereocenters. The fourth-order valence-electron chi connectivity index (χ4n) is 2.59. The summed E-state index contributed by atoms with van der Waals surface area (Å²) in [7, 11) is 0. The molecule has 0 amide bonds. The molecule has 1 aliphatic heterocycles. The van der Waals surface area contributed by atoms with E-state index in [1.165, 1.54) is 12.1 Å². The van der Waals surface area contributed by atoms with Crippen LogP contribution in [-0.2, 0) is 9.53 Å². The minimum atomic E-state index is -0.607. The molecule has 2 aliphatic rings. The van der Waals surface area contributed by atoms with Crippen molar-refractivity contribution in [1.29, 1.82) is 0 Å². The molecule has 88 valence electrons. The molecule has 17 heavy (non-hydrogen) atoms. The monoisotopic (exact) mass is 232 g/mol. The molecular weight excluding hydrogens is 219 g/mol. The van der Waals surface area contributed by atoms with Crippen LogP contribution in [0.15, 0.2) is 30.3 Å². The number of hydrogen-bond donors (Lipinski definition) is 0. The van der Waals surface area contributed by atoms with Crippen molar-refractivity contribution in [3.05, 3.63) is 41.7 Å². The number of rotatable bonds is 1. The average molecular weight is 232 g/mol. The maximum Gasteiger partial charge on any atom is 0.202 e. The highest BCUT2D eigenvalue weighted by molar-refractivity contribution is 6.05. The summed E-state index contributed by atoms with van der Waals surface area (Å²) in [4.78, 5) is 12.0. The Balaban J connectivity index is 1.89. The van der Waals surface area contributed by atoms with Gasteiger partial charge in [-0.2, -0.15) is 0 Å². The summed E-state index contributed by atoms with van der Waals surface area (Å²) >= 11 is 0. The third-order valence-electron chi connectivity index (χ3n) is 3.56. The zero-order valence-corrected chi connectivity index (χ0v) is 9.41. The van der Waals surface area contributed by atoms with Crippen molar-refractivity contribution < 1.29 is 13.9 Å². The molecule has 1 heterocycles. The van der Waals surface area contributed by atoms with Crippen LogP contribution in [0.1, 0.15) is 31.2 Å². The normalized spacial score (nSPS) is 21.7. The molecule has 1 aromatic carbocycles. The summed E-state index contributed by atoms with van der Waals surface area (Å²) in [6, 6.07) is 6.04. The Morgan fingerprint density at radius 2 is 1.76 bits per heavy atom. The van der Waals surface area contributed by atoms with E-state index in [-0.39, 0.29) is 11.6 Å². The van der Waals surface area contributed by atoms with Gasteiger partial charge in [0.05, 0.1) is 0 Å². The van der Waals surface area contributed by atoms with Crippen molar-refractivity contribution in [2.45, 2.75) is 31.3 Å². The van der Waals surface area contributed by atoms with Crippen molar-refractivity contribution in [1.82, 2.24) is 0 Å². The fraction of sp³-hybridized carbons (Fsp3) is 0.357. The maximum atomic E-state index is 12.8. The van der Waals surface area contributed by atoms with E-state index in [0.717, 1.165) is 31.2 Å². The Morgan fingerprint density at radius 3 is 2.41 bits per heavy atom. The van der Waals surface area contributed by atoms with Crippen LogP contribution in [-0.4, -0.2) is 11.4 Å². The van der Waals surface area contributed by atoms with Gasteiger partial charge in [-0.25, -0.2) is 4.39 Å². The zero-order valence-electron chi connectivity index (χ0n) is 9.41. The molecule has 1 aliphatic carbocycles. The highest BCUT2D eigenvalue weighted by Gasteiger charge is 2.46. The first kappa shape index (κ1) is 10.5. The van der Waals surface area contributed by atoms with E-state index >= 15 is 0 Å². The Kier molecular flexibility index (Phi) is 2.28. The molecule has 0 N–H and O–H groups in total. The molecular formula is C14H13FO2. The van der Waals surface area contributed by atoms with E-state index in [0.29, 0.717) is 5.76 Å². The molecule has 0 atom stereocenters. The second-order valence-electron chi connectivity index (χ2n) is 4.68. The van der Waals surface area contributed by atoms with Gasteiger partial charge in [-0.05, 0) is 49.9 Å². The molecule has 1 fully saturated rings. The van der Waals surface area contributed by atoms with E-state index in [2.05, 4.69) is 0 Å². The standard InChI is InChI=1S/C14H13FO2/c15-11-5-3-10(4-6-11)12-9-13(16)14(17-12)7-1-2-8-14/h3-6,9H,1-2,7-8H2. The number of ketones is 1. The highest BCUT2D eigenvalue weighted by atomic mass is 19.1. The largest absolute Gasteiger partial charge is 0.478 e. The van der Waals surface area contributed by atoms with Crippen molar-refractivity contribution >= 4 is 11.5 Å². The van der Waals surface area contributed by atoms with Crippen molar-refractivity contribution in [3.8, 4) is 0 Å². The van der Waals surface area contributed by atoms with E-state index < -0.39 is 5.60 Å². The Hall–Kier alpha value is -1.64.